The van der Waals surface area contributed by atoms with Crippen molar-refractivity contribution in [2.45, 2.75) is 58.7 Å². The molecule has 1 rings (SSSR count). The topological polar surface area (TPSA) is 46.5 Å². The summed E-state index contributed by atoms with van der Waals surface area (Å²) in [5, 5.41) is 10.0. The van der Waals surface area contributed by atoms with Gasteiger partial charge in [0, 0.05) is 12.8 Å². The fraction of sp³-hybridized carbons (Fsp3) is 0.917. The lowest BCUT2D eigenvalue weighted by Crippen LogP contribution is -2.44. The lowest BCUT2D eigenvalue weighted by molar-refractivity contribution is -0.159. The number of carbonyl (C=O) groups excluding carboxylic acids is 1. The average molecular weight is 214 g/mol. The van der Waals surface area contributed by atoms with Gasteiger partial charge in [-0.25, -0.2) is 0 Å². The number of carbonyl (C=O) groups is 1. The van der Waals surface area contributed by atoms with E-state index in [-0.39, 0.29) is 18.0 Å². The summed E-state index contributed by atoms with van der Waals surface area (Å²) >= 11 is 0. The van der Waals surface area contributed by atoms with Crippen LogP contribution in [0.15, 0.2) is 0 Å². The van der Waals surface area contributed by atoms with Crippen LogP contribution in [0.4, 0.5) is 0 Å². The Kier molecular flexibility index (Phi) is 3.77. The summed E-state index contributed by atoms with van der Waals surface area (Å²) in [4.78, 5) is 11.0. The third-order valence-electron chi connectivity index (χ3n) is 3.28. The maximum atomic E-state index is 11.0. The lowest BCUT2D eigenvalue weighted by Gasteiger charge is -2.40. The average Bonchev–Trinajstić information content (AvgIpc) is 1.99. The Morgan fingerprint density at radius 2 is 2.00 bits per heavy atom. The van der Waals surface area contributed by atoms with Gasteiger partial charge in [0.25, 0.3) is 0 Å². The van der Waals surface area contributed by atoms with Gasteiger partial charge in [0.1, 0.15) is 6.10 Å². The highest BCUT2D eigenvalue weighted by molar-refractivity contribution is 5.66. The molecule has 3 atom stereocenters. The van der Waals surface area contributed by atoms with Crippen molar-refractivity contribution in [3.8, 4) is 0 Å². The Labute approximate surface area is 91.8 Å². The molecule has 0 heterocycles. The minimum atomic E-state index is -0.764. The second-order valence-electron chi connectivity index (χ2n) is 5.33. The molecule has 0 saturated heterocycles. The summed E-state index contributed by atoms with van der Waals surface area (Å²) in [6, 6.07) is 0. The van der Waals surface area contributed by atoms with Crippen molar-refractivity contribution >= 4 is 5.97 Å². The van der Waals surface area contributed by atoms with E-state index in [1.807, 2.05) is 0 Å². The first kappa shape index (κ1) is 12.5. The van der Waals surface area contributed by atoms with E-state index < -0.39 is 5.60 Å². The van der Waals surface area contributed by atoms with Crippen LogP contribution in [0.25, 0.3) is 0 Å². The second-order valence-corrected chi connectivity index (χ2v) is 5.33. The van der Waals surface area contributed by atoms with E-state index in [9.17, 15) is 9.90 Å². The van der Waals surface area contributed by atoms with Gasteiger partial charge >= 0.3 is 5.97 Å². The van der Waals surface area contributed by atoms with Crippen molar-refractivity contribution in [1.82, 2.24) is 0 Å². The minimum Gasteiger partial charge on any atom is -0.462 e. The molecule has 0 spiro atoms. The molecule has 0 aromatic carbocycles. The Bertz CT molecular complexity index is 230. The molecule has 3 heteroatoms. The van der Waals surface area contributed by atoms with E-state index in [2.05, 4.69) is 6.92 Å². The summed E-state index contributed by atoms with van der Waals surface area (Å²) in [7, 11) is 0. The van der Waals surface area contributed by atoms with Crippen molar-refractivity contribution in [3.05, 3.63) is 0 Å². The van der Waals surface area contributed by atoms with Gasteiger partial charge in [-0.1, -0.05) is 13.3 Å². The Morgan fingerprint density at radius 3 is 2.47 bits per heavy atom. The van der Waals surface area contributed by atoms with Gasteiger partial charge in [-0.3, -0.25) is 4.79 Å². The predicted molar refractivity (Wildman–Crippen MR) is 58.4 cm³/mol. The molecular weight excluding hydrogens is 192 g/mol. The molecule has 1 fully saturated rings. The van der Waals surface area contributed by atoms with Gasteiger partial charge in [-0.2, -0.15) is 0 Å². The smallest absolute Gasteiger partial charge is 0.302 e. The highest BCUT2D eigenvalue weighted by atomic mass is 16.5. The Hall–Kier alpha value is -0.570. The molecule has 1 aliphatic rings. The molecule has 0 aromatic rings. The number of esters is 1. The predicted octanol–water partition coefficient (Wildman–Crippen LogP) is 2.13. The van der Waals surface area contributed by atoms with Crippen molar-refractivity contribution in [3.63, 3.8) is 0 Å². The van der Waals surface area contributed by atoms with Crippen LogP contribution in [0.5, 0.6) is 0 Å². The van der Waals surface area contributed by atoms with E-state index in [4.69, 9.17) is 4.74 Å². The maximum absolute atomic E-state index is 11.0. The molecule has 0 aliphatic heterocycles. The summed E-state index contributed by atoms with van der Waals surface area (Å²) in [5.41, 5.74) is -0.764. The molecular formula is C12H22O3. The molecule has 88 valence electrons. The van der Waals surface area contributed by atoms with E-state index in [0.29, 0.717) is 5.92 Å². The normalized spacial score (nSPS) is 32.5. The molecule has 0 bridgehead atoms. The summed E-state index contributed by atoms with van der Waals surface area (Å²) < 4.78 is 5.30. The number of hydrogen-bond acceptors (Lipinski definition) is 3. The van der Waals surface area contributed by atoms with E-state index in [1.165, 1.54) is 6.92 Å². The second kappa shape index (κ2) is 4.52. The highest BCUT2D eigenvalue weighted by Gasteiger charge is 2.39. The maximum Gasteiger partial charge on any atom is 0.302 e. The van der Waals surface area contributed by atoms with Gasteiger partial charge in [0.05, 0.1) is 5.60 Å². The number of ether oxygens (including phenoxy) is 1. The van der Waals surface area contributed by atoms with Crippen molar-refractivity contribution in [2.24, 2.45) is 11.8 Å². The van der Waals surface area contributed by atoms with Crippen molar-refractivity contribution < 1.29 is 14.6 Å². The van der Waals surface area contributed by atoms with Crippen LogP contribution in [0, 0.1) is 11.8 Å². The molecule has 0 unspecified atom stereocenters. The molecule has 15 heavy (non-hydrogen) atoms. The first-order valence-electron chi connectivity index (χ1n) is 5.70. The van der Waals surface area contributed by atoms with Crippen LogP contribution in [-0.4, -0.2) is 22.8 Å². The van der Waals surface area contributed by atoms with Crippen molar-refractivity contribution in [2.75, 3.05) is 0 Å². The van der Waals surface area contributed by atoms with Gasteiger partial charge in [0.2, 0.25) is 0 Å². The summed E-state index contributed by atoms with van der Waals surface area (Å²) in [6.45, 7) is 7.19. The minimum absolute atomic E-state index is 0.0672. The first-order chi connectivity index (χ1) is 6.80. The van der Waals surface area contributed by atoms with Crippen LogP contribution in [0.3, 0.4) is 0 Å². The Balaban J connectivity index is 2.70. The molecule has 0 amide bonds. The van der Waals surface area contributed by atoms with Gasteiger partial charge in [-0.05, 0) is 32.6 Å². The molecule has 3 nitrogen and oxygen atoms in total. The standard InChI is InChI=1S/C12H22O3/c1-8-5-6-10(12(3,4)14)11(7-8)15-9(2)13/h8,10-11,14H,5-7H2,1-4H3/t8-,10-,11-/m1/s1. The van der Waals surface area contributed by atoms with Crippen molar-refractivity contribution in [1.29, 1.82) is 0 Å². The van der Waals surface area contributed by atoms with Crippen LogP contribution >= 0.6 is 0 Å². The van der Waals surface area contributed by atoms with E-state index in [0.717, 1.165) is 19.3 Å². The molecule has 0 radical (unpaired) electrons. The van der Waals surface area contributed by atoms with Crippen LogP contribution in [0.1, 0.15) is 47.0 Å². The van der Waals surface area contributed by atoms with E-state index in [1.54, 1.807) is 13.8 Å². The van der Waals surface area contributed by atoms with Crippen LogP contribution in [-0.2, 0) is 9.53 Å². The van der Waals surface area contributed by atoms with E-state index >= 15 is 0 Å². The molecule has 1 N–H and O–H groups in total. The summed E-state index contributed by atoms with van der Waals surface area (Å²) in [6.07, 6.45) is 2.79. The zero-order chi connectivity index (χ0) is 11.6. The quantitative estimate of drug-likeness (QED) is 0.716. The fourth-order valence-corrected chi connectivity index (χ4v) is 2.48. The SMILES string of the molecule is CC(=O)O[C@@H]1C[C@H](C)CC[C@H]1C(C)(C)O. The Morgan fingerprint density at radius 1 is 1.40 bits per heavy atom. The van der Waals surface area contributed by atoms with Gasteiger partial charge in [0.15, 0.2) is 0 Å². The van der Waals surface area contributed by atoms with Crippen LogP contribution < -0.4 is 0 Å². The first-order valence-corrected chi connectivity index (χ1v) is 5.70. The molecule has 1 aliphatic carbocycles. The third kappa shape index (κ3) is 3.49. The number of hydrogen-bond donors (Lipinski definition) is 1. The molecule has 0 aromatic heterocycles. The lowest BCUT2D eigenvalue weighted by atomic mass is 9.73. The summed E-state index contributed by atoms with van der Waals surface area (Å²) in [5.74, 6) is 0.397. The number of aliphatic hydroxyl groups is 1. The zero-order valence-electron chi connectivity index (χ0n) is 10.1. The highest BCUT2D eigenvalue weighted by Crippen LogP contribution is 2.37. The van der Waals surface area contributed by atoms with Gasteiger partial charge in [-0.15, -0.1) is 0 Å². The van der Waals surface area contributed by atoms with Crippen LogP contribution in [0.2, 0.25) is 0 Å². The zero-order valence-corrected chi connectivity index (χ0v) is 10.1. The third-order valence-corrected chi connectivity index (χ3v) is 3.28. The largest absolute Gasteiger partial charge is 0.462 e. The molecule has 1 saturated carbocycles. The van der Waals surface area contributed by atoms with Gasteiger partial charge < -0.3 is 9.84 Å². The fourth-order valence-electron chi connectivity index (χ4n) is 2.48. The monoisotopic (exact) mass is 214 g/mol. The number of rotatable bonds is 2.